The Morgan fingerprint density at radius 3 is 2.90 bits per heavy atom. The summed E-state index contributed by atoms with van der Waals surface area (Å²) in [5.41, 5.74) is 10.5. The average molecular weight is 412 g/mol. The van der Waals surface area contributed by atoms with Crippen LogP contribution in [0.4, 0.5) is 11.5 Å². The van der Waals surface area contributed by atoms with Gasteiger partial charge in [-0.05, 0) is 36.8 Å². The minimum Gasteiger partial charge on any atom is -0.444 e. The Bertz CT molecular complexity index is 1420. The van der Waals surface area contributed by atoms with E-state index in [0.29, 0.717) is 34.1 Å². The first-order chi connectivity index (χ1) is 15.1. The van der Waals surface area contributed by atoms with Crippen LogP contribution in [0.2, 0.25) is 0 Å². The van der Waals surface area contributed by atoms with Gasteiger partial charge in [-0.25, -0.2) is 24.9 Å². The number of aryl methyl sites for hydroxylation is 1. The molecule has 1 amide bonds. The summed E-state index contributed by atoms with van der Waals surface area (Å²) in [6.45, 7) is 1.97. The van der Waals surface area contributed by atoms with Gasteiger partial charge in [-0.1, -0.05) is 6.07 Å². The molecule has 0 aliphatic carbocycles. The van der Waals surface area contributed by atoms with Crippen molar-refractivity contribution in [3.8, 4) is 22.7 Å². The second-order valence-corrected chi connectivity index (χ2v) is 6.78. The van der Waals surface area contributed by atoms with Gasteiger partial charge in [0, 0.05) is 23.0 Å². The molecule has 4 aromatic heterocycles. The van der Waals surface area contributed by atoms with Gasteiger partial charge in [-0.2, -0.15) is 0 Å². The third-order valence-electron chi connectivity index (χ3n) is 4.77. The molecule has 31 heavy (non-hydrogen) atoms. The second kappa shape index (κ2) is 7.34. The van der Waals surface area contributed by atoms with E-state index in [0.717, 1.165) is 16.8 Å². The molecule has 4 heterocycles. The molecule has 10 heteroatoms. The highest BCUT2D eigenvalue weighted by Crippen LogP contribution is 2.32. The van der Waals surface area contributed by atoms with E-state index in [1.807, 2.05) is 37.3 Å². The van der Waals surface area contributed by atoms with Crippen LogP contribution in [-0.4, -0.2) is 35.8 Å². The fraction of sp³-hybridized carbons (Fsp3) is 0.0476. The number of aromatic amines is 1. The van der Waals surface area contributed by atoms with E-state index in [4.69, 9.17) is 10.2 Å². The average Bonchev–Trinajstić information content (AvgIpc) is 3.45. The molecule has 0 spiro atoms. The number of fused-ring (bicyclic) bond motifs is 1. The molecule has 0 saturated heterocycles. The maximum Gasteiger partial charge on any atom is 0.270 e. The number of hydrogen-bond acceptors (Lipinski definition) is 8. The molecule has 152 valence electrons. The summed E-state index contributed by atoms with van der Waals surface area (Å²) in [7, 11) is 0. The maximum absolute atomic E-state index is 11.3. The Labute approximate surface area is 175 Å². The zero-order valence-electron chi connectivity index (χ0n) is 16.3. The van der Waals surface area contributed by atoms with Crippen molar-refractivity contribution in [2.75, 3.05) is 5.32 Å². The number of nitrogens with two attached hydrogens (primary N) is 1. The van der Waals surface area contributed by atoms with Crippen LogP contribution in [0.1, 0.15) is 16.1 Å². The summed E-state index contributed by atoms with van der Waals surface area (Å²) in [5, 5.41) is 3.37. The topological polar surface area (TPSA) is 148 Å². The number of nitrogens with zero attached hydrogens (tertiary/aromatic N) is 5. The Balaban J connectivity index is 1.55. The highest BCUT2D eigenvalue weighted by molar-refractivity contribution is 5.92. The van der Waals surface area contributed by atoms with E-state index in [1.165, 1.54) is 12.6 Å². The number of H-pyrrole nitrogens is 1. The molecule has 0 radical (unpaired) electrons. The maximum atomic E-state index is 11.3. The molecule has 1 aromatic carbocycles. The van der Waals surface area contributed by atoms with Crippen molar-refractivity contribution in [2.45, 2.75) is 6.92 Å². The molecule has 4 N–H and O–H groups in total. The number of anilines is 2. The number of benzene rings is 1. The number of amides is 1. The fourth-order valence-electron chi connectivity index (χ4n) is 3.19. The van der Waals surface area contributed by atoms with Gasteiger partial charge >= 0.3 is 0 Å². The molecular formula is C21H16N8O2. The largest absolute Gasteiger partial charge is 0.444 e. The number of aromatic nitrogens is 6. The van der Waals surface area contributed by atoms with E-state index in [2.05, 4.69) is 35.2 Å². The Hall–Kier alpha value is -4.60. The van der Waals surface area contributed by atoms with Crippen LogP contribution in [0, 0.1) is 6.92 Å². The van der Waals surface area contributed by atoms with Crippen molar-refractivity contribution in [2.24, 2.45) is 5.73 Å². The van der Waals surface area contributed by atoms with Crippen LogP contribution in [0.3, 0.4) is 0 Å². The van der Waals surface area contributed by atoms with Crippen LogP contribution in [0.15, 0.2) is 59.9 Å². The molecule has 0 atom stereocenters. The number of rotatable bonds is 5. The number of carbonyl (C=O) groups excluding carboxylic acids is 1. The summed E-state index contributed by atoms with van der Waals surface area (Å²) < 4.78 is 5.41. The molecule has 0 unspecified atom stereocenters. The van der Waals surface area contributed by atoms with Crippen molar-refractivity contribution in [1.82, 2.24) is 29.9 Å². The van der Waals surface area contributed by atoms with Crippen molar-refractivity contribution >= 4 is 28.6 Å². The first-order valence-electron chi connectivity index (χ1n) is 9.33. The lowest BCUT2D eigenvalue weighted by molar-refractivity contribution is 0.0995. The molecular weight excluding hydrogens is 396 g/mol. The van der Waals surface area contributed by atoms with Gasteiger partial charge < -0.3 is 20.5 Å². The van der Waals surface area contributed by atoms with Crippen molar-refractivity contribution in [3.63, 3.8) is 0 Å². The van der Waals surface area contributed by atoms with Gasteiger partial charge in [-0.3, -0.25) is 4.79 Å². The van der Waals surface area contributed by atoms with Crippen LogP contribution in [0.5, 0.6) is 0 Å². The molecule has 5 rings (SSSR count). The molecule has 0 saturated carbocycles. The van der Waals surface area contributed by atoms with Gasteiger partial charge in [0.15, 0.2) is 11.3 Å². The van der Waals surface area contributed by atoms with Crippen LogP contribution in [-0.2, 0) is 0 Å². The van der Waals surface area contributed by atoms with Gasteiger partial charge in [-0.15, -0.1) is 0 Å². The third-order valence-corrected chi connectivity index (χ3v) is 4.77. The number of carbonyl (C=O) groups is 1. The molecule has 0 aliphatic heterocycles. The van der Waals surface area contributed by atoms with Crippen LogP contribution < -0.4 is 11.1 Å². The molecule has 5 aromatic rings. The minimum atomic E-state index is -0.645. The standard InChI is InChI=1S/C21H16N8O2/c1-11-4-5-12(21-29-15(8-31-21)18(22)30)7-14(11)28-19-13(3-2-6-23-19)16-17-20(26-9-24-16)27-10-25-17/h2-10H,1H3,(H2,22,30)(H,23,28)(H,24,25,26,27). The molecule has 0 bridgehead atoms. The lowest BCUT2D eigenvalue weighted by Crippen LogP contribution is -2.10. The van der Waals surface area contributed by atoms with Gasteiger partial charge in [0.1, 0.15) is 29.6 Å². The van der Waals surface area contributed by atoms with Gasteiger partial charge in [0.25, 0.3) is 5.91 Å². The van der Waals surface area contributed by atoms with E-state index in [1.54, 1.807) is 12.5 Å². The predicted molar refractivity (Wildman–Crippen MR) is 113 cm³/mol. The van der Waals surface area contributed by atoms with Crippen LogP contribution >= 0.6 is 0 Å². The highest BCUT2D eigenvalue weighted by atomic mass is 16.3. The van der Waals surface area contributed by atoms with Crippen molar-refractivity contribution in [1.29, 1.82) is 0 Å². The smallest absolute Gasteiger partial charge is 0.270 e. The van der Waals surface area contributed by atoms with E-state index in [-0.39, 0.29) is 5.69 Å². The lowest BCUT2D eigenvalue weighted by atomic mass is 10.1. The fourth-order valence-corrected chi connectivity index (χ4v) is 3.19. The Kier molecular flexibility index (Phi) is 4.36. The lowest BCUT2D eigenvalue weighted by Gasteiger charge is -2.13. The van der Waals surface area contributed by atoms with Crippen molar-refractivity contribution in [3.05, 3.63) is 66.7 Å². The van der Waals surface area contributed by atoms with E-state index >= 15 is 0 Å². The highest BCUT2D eigenvalue weighted by Gasteiger charge is 2.16. The van der Waals surface area contributed by atoms with Gasteiger partial charge in [0.05, 0.1) is 6.33 Å². The van der Waals surface area contributed by atoms with Crippen LogP contribution in [0.25, 0.3) is 33.9 Å². The summed E-state index contributed by atoms with van der Waals surface area (Å²) in [6, 6.07) is 9.40. The SMILES string of the molecule is Cc1ccc(-c2nc(C(N)=O)co2)cc1Nc1ncccc1-c1ncnc2[nH]cnc12. The third kappa shape index (κ3) is 3.35. The number of primary amides is 1. The normalized spacial score (nSPS) is 11.0. The molecule has 0 fully saturated rings. The Morgan fingerprint density at radius 2 is 2.06 bits per heavy atom. The summed E-state index contributed by atoms with van der Waals surface area (Å²) in [5.74, 6) is 0.260. The zero-order valence-corrected chi connectivity index (χ0v) is 16.3. The number of nitrogens with one attached hydrogen (secondary N) is 2. The molecule has 10 nitrogen and oxygen atoms in total. The first-order valence-corrected chi connectivity index (χ1v) is 9.33. The number of pyridine rings is 1. The predicted octanol–water partition coefficient (Wildman–Crippen LogP) is 3.22. The second-order valence-electron chi connectivity index (χ2n) is 6.78. The number of imidazole rings is 1. The summed E-state index contributed by atoms with van der Waals surface area (Å²) in [6.07, 6.45) is 6.00. The summed E-state index contributed by atoms with van der Waals surface area (Å²) in [4.78, 5) is 35.9. The Morgan fingerprint density at radius 1 is 1.16 bits per heavy atom. The number of oxazole rings is 1. The quantitative estimate of drug-likeness (QED) is 0.398. The van der Waals surface area contributed by atoms with E-state index < -0.39 is 5.91 Å². The minimum absolute atomic E-state index is 0.0730. The van der Waals surface area contributed by atoms with Gasteiger partial charge in [0.2, 0.25) is 5.89 Å². The van der Waals surface area contributed by atoms with E-state index in [9.17, 15) is 4.79 Å². The van der Waals surface area contributed by atoms with Crippen molar-refractivity contribution < 1.29 is 9.21 Å². The molecule has 0 aliphatic rings. The first kappa shape index (κ1) is 18.4. The monoisotopic (exact) mass is 412 g/mol. The zero-order chi connectivity index (χ0) is 21.4. The number of hydrogen-bond donors (Lipinski definition) is 3. The summed E-state index contributed by atoms with van der Waals surface area (Å²) >= 11 is 0.